The van der Waals surface area contributed by atoms with Gasteiger partial charge in [-0.25, -0.2) is 12.7 Å². The summed E-state index contributed by atoms with van der Waals surface area (Å²) in [6.45, 7) is 4.10. The minimum absolute atomic E-state index is 0.147. The summed E-state index contributed by atoms with van der Waals surface area (Å²) in [5, 5.41) is 9.29. The van der Waals surface area contributed by atoms with Gasteiger partial charge in [0.15, 0.2) is 0 Å². The fourth-order valence-electron chi connectivity index (χ4n) is 2.92. The van der Waals surface area contributed by atoms with E-state index < -0.39 is 10.0 Å². The van der Waals surface area contributed by atoms with Crippen molar-refractivity contribution < 1.29 is 13.5 Å². The van der Waals surface area contributed by atoms with Crippen molar-refractivity contribution in [1.29, 1.82) is 0 Å². The molecule has 5 nitrogen and oxygen atoms in total. The highest BCUT2D eigenvalue weighted by molar-refractivity contribution is 7.89. The van der Waals surface area contributed by atoms with E-state index in [4.69, 9.17) is 0 Å². The molecule has 1 fully saturated rings. The summed E-state index contributed by atoms with van der Waals surface area (Å²) in [6, 6.07) is 5.05. The molecule has 0 bridgehead atoms. The summed E-state index contributed by atoms with van der Waals surface area (Å²) in [5.41, 5.74) is 1.29. The number of sulfonamides is 1. The van der Waals surface area contributed by atoms with Crippen molar-refractivity contribution in [2.75, 3.05) is 33.7 Å². The molecule has 0 saturated carbocycles. The monoisotopic (exact) mass is 312 g/mol. The Balaban J connectivity index is 2.21. The van der Waals surface area contributed by atoms with Gasteiger partial charge in [-0.05, 0) is 50.0 Å². The Hall–Kier alpha value is -0.950. The molecule has 2 rings (SSSR count). The maximum absolute atomic E-state index is 12.7. The molecular weight excluding hydrogens is 288 g/mol. The Labute approximate surface area is 127 Å². The molecule has 1 unspecified atom stereocenters. The quantitative estimate of drug-likeness (QED) is 0.883. The Kier molecular flexibility index (Phi) is 5.03. The molecular formula is C15H24N2O3S. The summed E-state index contributed by atoms with van der Waals surface area (Å²) in [5.74, 6) is 0.385. The van der Waals surface area contributed by atoms with Gasteiger partial charge in [-0.3, -0.25) is 0 Å². The van der Waals surface area contributed by atoms with Crippen LogP contribution in [0.25, 0.3) is 0 Å². The topological polar surface area (TPSA) is 60.9 Å². The number of aliphatic hydroxyl groups excluding tert-OH is 1. The third kappa shape index (κ3) is 3.45. The average Bonchev–Trinajstić information content (AvgIpc) is 2.84. The highest BCUT2D eigenvalue weighted by Gasteiger charge is 2.28. The van der Waals surface area contributed by atoms with Gasteiger partial charge in [0.1, 0.15) is 0 Å². The average molecular weight is 312 g/mol. The van der Waals surface area contributed by atoms with E-state index in [1.54, 1.807) is 32.2 Å². The van der Waals surface area contributed by atoms with Crippen LogP contribution in [-0.2, 0) is 16.6 Å². The van der Waals surface area contributed by atoms with Gasteiger partial charge >= 0.3 is 0 Å². The van der Waals surface area contributed by atoms with Gasteiger partial charge in [-0.15, -0.1) is 0 Å². The van der Waals surface area contributed by atoms with Gasteiger partial charge in [0.25, 0.3) is 0 Å². The molecule has 1 aliphatic rings. The van der Waals surface area contributed by atoms with Gasteiger partial charge < -0.3 is 10.0 Å². The molecule has 0 radical (unpaired) electrons. The lowest BCUT2D eigenvalue weighted by Gasteiger charge is -2.22. The van der Waals surface area contributed by atoms with Crippen LogP contribution < -0.4 is 0 Å². The van der Waals surface area contributed by atoms with Crippen molar-refractivity contribution in [3.63, 3.8) is 0 Å². The predicted octanol–water partition coefficient (Wildman–Crippen LogP) is 1.06. The zero-order valence-corrected chi connectivity index (χ0v) is 13.7. The number of hydrogen-bond acceptors (Lipinski definition) is 4. The molecule has 1 atom stereocenters. The molecule has 118 valence electrons. The normalized spacial score (nSPS) is 20.3. The second kappa shape index (κ2) is 6.44. The number of nitrogens with zero attached hydrogens (tertiary/aromatic N) is 2. The highest BCUT2D eigenvalue weighted by atomic mass is 32.2. The summed E-state index contributed by atoms with van der Waals surface area (Å²) < 4.78 is 26.9. The Bertz CT molecular complexity index is 601. The Morgan fingerprint density at radius 3 is 2.71 bits per heavy atom. The molecule has 0 aromatic heterocycles. The first kappa shape index (κ1) is 16.4. The first-order valence-electron chi connectivity index (χ1n) is 7.20. The van der Waals surface area contributed by atoms with Gasteiger partial charge in [0.2, 0.25) is 10.0 Å². The van der Waals surface area contributed by atoms with E-state index in [-0.39, 0.29) is 6.61 Å². The highest BCUT2D eigenvalue weighted by Crippen LogP contribution is 2.24. The van der Waals surface area contributed by atoms with Crippen molar-refractivity contribution in [3.8, 4) is 0 Å². The van der Waals surface area contributed by atoms with Gasteiger partial charge in [-0.2, -0.15) is 0 Å². The van der Waals surface area contributed by atoms with Crippen molar-refractivity contribution in [1.82, 2.24) is 9.21 Å². The van der Waals surface area contributed by atoms with Crippen molar-refractivity contribution in [2.45, 2.75) is 24.8 Å². The summed E-state index contributed by atoms with van der Waals surface area (Å²) >= 11 is 0. The molecule has 1 aromatic rings. The lowest BCUT2D eigenvalue weighted by Crippen LogP contribution is -2.33. The lowest BCUT2D eigenvalue weighted by atomic mass is 10.1. The first-order valence-corrected chi connectivity index (χ1v) is 8.64. The van der Waals surface area contributed by atoms with Crippen LogP contribution in [0.5, 0.6) is 0 Å². The molecule has 0 spiro atoms. The smallest absolute Gasteiger partial charge is 0.243 e. The molecule has 1 saturated heterocycles. The second-order valence-corrected chi connectivity index (χ2v) is 7.91. The summed E-state index contributed by atoms with van der Waals surface area (Å²) in [7, 11) is 0.193. The van der Waals surface area contributed by atoms with E-state index in [2.05, 4.69) is 11.9 Å². The maximum Gasteiger partial charge on any atom is 0.243 e. The second-order valence-electron chi connectivity index (χ2n) is 5.90. The van der Waals surface area contributed by atoms with E-state index in [9.17, 15) is 13.5 Å². The number of rotatable bonds is 5. The van der Waals surface area contributed by atoms with Crippen LogP contribution in [0.1, 0.15) is 17.5 Å². The third-order valence-electron chi connectivity index (χ3n) is 4.26. The zero-order valence-electron chi connectivity index (χ0n) is 12.9. The van der Waals surface area contributed by atoms with Crippen LogP contribution in [0.4, 0.5) is 0 Å². The Morgan fingerprint density at radius 1 is 1.43 bits per heavy atom. The number of benzene rings is 1. The Morgan fingerprint density at radius 2 is 2.14 bits per heavy atom. The largest absolute Gasteiger partial charge is 0.392 e. The third-order valence-corrected chi connectivity index (χ3v) is 6.23. The van der Waals surface area contributed by atoms with Crippen LogP contribution in [0.3, 0.4) is 0 Å². The SMILES string of the molecule is Cc1c(CO)cccc1S(=O)(=O)N(C)CC1CCN(C)C1. The summed E-state index contributed by atoms with van der Waals surface area (Å²) in [4.78, 5) is 2.52. The molecule has 0 amide bonds. The molecule has 1 aliphatic heterocycles. The van der Waals surface area contributed by atoms with Crippen LogP contribution in [0.15, 0.2) is 23.1 Å². The minimum Gasteiger partial charge on any atom is -0.392 e. The molecule has 0 aliphatic carbocycles. The van der Waals surface area contributed by atoms with Crippen LogP contribution in [0.2, 0.25) is 0 Å². The van der Waals surface area contributed by atoms with E-state index in [1.807, 2.05) is 0 Å². The number of aliphatic hydroxyl groups is 1. The fraction of sp³-hybridized carbons (Fsp3) is 0.600. The minimum atomic E-state index is -3.50. The van der Waals surface area contributed by atoms with Crippen LogP contribution >= 0.6 is 0 Å². The van der Waals surface area contributed by atoms with E-state index in [0.717, 1.165) is 19.5 Å². The van der Waals surface area contributed by atoms with Crippen LogP contribution in [0, 0.1) is 12.8 Å². The van der Waals surface area contributed by atoms with Gasteiger partial charge in [0, 0.05) is 20.1 Å². The molecule has 21 heavy (non-hydrogen) atoms. The van der Waals surface area contributed by atoms with Crippen molar-refractivity contribution in [3.05, 3.63) is 29.3 Å². The standard InChI is InChI=1S/C15H24N2O3S/c1-12-14(11-18)5-4-6-15(12)21(19,20)17(3)10-13-7-8-16(2)9-13/h4-6,13,18H,7-11H2,1-3H3. The zero-order chi connectivity index (χ0) is 15.6. The predicted molar refractivity (Wildman–Crippen MR) is 82.5 cm³/mol. The lowest BCUT2D eigenvalue weighted by molar-refractivity contribution is 0.280. The molecule has 1 heterocycles. The van der Waals surface area contributed by atoms with Crippen molar-refractivity contribution in [2.24, 2.45) is 5.92 Å². The van der Waals surface area contributed by atoms with Crippen molar-refractivity contribution >= 4 is 10.0 Å². The molecule has 1 aromatic carbocycles. The van der Waals surface area contributed by atoms with E-state index in [0.29, 0.717) is 28.5 Å². The van der Waals surface area contributed by atoms with E-state index >= 15 is 0 Å². The molecule has 6 heteroatoms. The first-order chi connectivity index (χ1) is 9.86. The van der Waals surface area contributed by atoms with Gasteiger partial charge in [-0.1, -0.05) is 12.1 Å². The number of likely N-dealkylation sites (tertiary alicyclic amines) is 1. The van der Waals surface area contributed by atoms with E-state index in [1.165, 1.54) is 4.31 Å². The van der Waals surface area contributed by atoms with Gasteiger partial charge in [0.05, 0.1) is 11.5 Å². The van der Waals surface area contributed by atoms with Crippen LogP contribution in [-0.4, -0.2) is 56.5 Å². The molecule has 1 N–H and O–H groups in total. The maximum atomic E-state index is 12.7. The number of hydrogen-bond donors (Lipinski definition) is 1. The fourth-order valence-corrected chi connectivity index (χ4v) is 4.43. The summed E-state index contributed by atoms with van der Waals surface area (Å²) in [6.07, 6.45) is 1.03.